The Balaban J connectivity index is 3.18. The molecule has 126 valence electrons. The van der Waals surface area contributed by atoms with Gasteiger partial charge in [-0.2, -0.15) is 5.10 Å². The number of benzene rings is 1. The fourth-order valence-corrected chi connectivity index (χ4v) is 3.33. The quantitative estimate of drug-likeness (QED) is 0.457. The summed E-state index contributed by atoms with van der Waals surface area (Å²) in [5, 5.41) is 22.4. The highest BCUT2D eigenvalue weighted by molar-refractivity contribution is 9.11. The largest absolute Gasteiger partial charge is 0.495 e. The van der Waals surface area contributed by atoms with Crippen LogP contribution < -0.4 is 9.47 Å². The summed E-state index contributed by atoms with van der Waals surface area (Å²) in [6, 6.07) is 1.66. The molecule has 0 amide bonds. The van der Waals surface area contributed by atoms with Crippen molar-refractivity contribution in [3.8, 4) is 11.5 Å². The summed E-state index contributed by atoms with van der Waals surface area (Å²) >= 11 is 6.68. The third-order valence-electron chi connectivity index (χ3n) is 2.56. The molecule has 1 aromatic rings. The molecule has 0 atom stereocenters. The van der Waals surface area contributed by atoms with Crippen molar-refractivity contribution in [2.24, 2.45) is 5.10 Å². The van der Waals surface area contributed by atoms with E-state index in [9.17, 15) is 9.59 Å². The molecule has 0 unspecified atom stereocenters. The molecule has 0 heterocycles. The van der Waals surface area contributed by atoms with E-state index in [1.807, 2.05) is 0 Å². The van der Waals surface area contributed by atoms with Gasteiger partial charge in [-0.25, -0.2) is 0 Å². The molecule has 0 saturated carbocycles. The Kier molecular flexibility index (Phi) is 7.30. The first-order valence-electron chi connectivity index (χ1n) is 6.12. The van der Waals surface area contributed by atoms with Crippen molar-refractivity contribution < 1.29 is 29.3 Å². The number of aliphatic carboxylic acids is 2. The van der Waals surface area contributed by atoms with Crippen molar-refractivity contribution >= 4 is 50.0 Å². The molecule has 0 spiro atoms. The average molecular weight is 454 g/mol. The molecule has 2 N–H and O–H groups in total. The SMILES string of the molecule is COc1c(Br)cc(/C=N\N(CC(=O)O)CC(=O)O)c(OC)c1Br. The molecule has 10 heteroatoms. The number of carboxylic acid groups (broad SMARTS) is 2. The molecule has 0 fully saturated rings. The van der Waals surface area contributed by atoms with Crippen LogP contribution in [0.15, 0.2) is 20.1 Å². The Morgan fingerprint density at radius 3 is 2.13 bits per heavy atom. The van der Waals surface area contributed by atoms with Crippen LogP contribution in [0.5, 0.6) is 11.5 Å². The molecule has 0 saturated heterocycles. The monoisotopic (exact) mass is 452 g/mol. The third-order valence-corrected chi connectivity index (χ3v) is 3.87. The summed E-state index contributed by atoms with van der Waals surface area (Å²) in [7, 11) is 2.95. The van der Waals surface area contributed by atoms with E-state index in [4.69, 9.17) is 19.7 Å². The lowest BCUT2D eigenvalue weighted by molar-refractivity contribution is -0.141. The van der Waals surface area contributed by atoms with Crippen molar-refractivity contribution in [2.75, 3.05) is 27.3 Å². The maximum atomic E-state index is 10.8. The predicted molar refractivity (Wildman–Crippen MR) is 89.4 cm³/mol. The summed E-state index contributed by atoms with van der Waals surface area (Å²) in [5.74, 6) is -1.44. The van der Waals surface area contributed by atoms with Crippen LogP contribution >= 0.6 is 31.9 Å². The Morgan fingerprint density at radius 1 is 1.17 bits per heavy atom. The number of carboxylic acids is 2. The number of rotatable bonds is 8. The summed E-state index contributed by atoms with van der Waals surface area (Å²) < 4.78 is 11.7. The van der Waals surface area contributed by atoms with Crippen LogP contribution in [-0.2, 0) is 9.59 Å². The third kappa shape index (κ3) is 5.39. The van der Waals surface area contributed by atoms with Crippen LogP contribution in [0, 0.1) is 0 Å². The Morgan fingerprint density at radius 2 is 1.70 bits per heavy atom. The minimum atomic E-state index is -1.19. The summed E-state index contributed by atoms with van der Waals surface area (Å²) in [5.41, 5.74) is 0.507. The van der Waals surface area contributed by atoms with Gasteiger partial charge in [-0.05, 0) is 37.9 Å². The minimum Gasteiger partial charge on any atom is -0.495 e. The van der Waals surface area contributed by atoms with Gasteiger partial charge in [0, 0.05) is 5.56 Å². The summed E-state index contributed by atoms with van der Waals surface area (Å²) in [6.07, 6.45) is 1.32. The highest BCUT2D eigenvalue weighted by atomic mass is 79.9. The molecule has 23 heavy (non-hydrogen) atoms. The lowest BCUT2D eigenvalue weighted by Crippen LogP contribution is -2.30. The number of carbonyl (C=O) groups is 2. The van der Waals surface area contributed by atoms with E-state index in [0.717, 1.165) is 5.01 Å². The molecule has 0 radical (unpaired) electrons. The second-order valence-corrected chi connectivity index (χ2v) is 5.83. The molecule has 8 nitrogen and oxygen atoms in total. The zero-order valence-electron chi connectivity index (χ0n) is 12.2. The highest BCUT2D eigenvalue weighted by Gasteiger charge is 2.16. The zero-order valence-corrected chi connectivity index (χ0v) is 15.4. The number of ether oxygens (including phenoxy) is 2. The van der Waals surface area contributed by atoms with Crippen LogP contribution in [0.25, 0.3) is 0 Å². The first-order valence-corrected chi connectivity index (χ1v) is 7.71. The van der Waals surface area contributed by atoms with Gasteiger partial charge in [-0.3, -0.25) is 14.6 Å². The van der Waals surface area contributed by atoms with E-state index in [-0.39, 0.29) is 0 Å². The molecular weight excluding hydrogens is 440 g/mol. The minimum absolute atomic E-state index is 0.416. The standard InChI is InChI=1S/C13H14Br2N2O6/c1-22-12-7(3-8(14)13(23-2)11(12)15)4-16-17(5-9(18)19)6-10(20)21/h3-4H,5-6H2,1-2H3,(H,18,19)(H,20,21)/b16-4-. The Bertz CT molecular complexity index is 619. The molecular formula is C13H14Br2N2O6. The van der Waals surface area contributed by atoms with Gasteiger partial charge >= 0.3 is 11.9 Å². The van der Waals surface area contributed by atoms with Crippen LogP contribution in [0.4, 0.5) is 0 Å². The van der Waals surface area contributed by atoms with Gasteiger partial charge in [0.2, 0.25) is 0 Å². The fourth-order valence-electron chi connectivity index (χ4n) is 1.69. The normalized spacial score (nSPS) is 10.6. The molecule has 1 aromatic carbocycles. The van der Waals surface area contributed by atoms with Crippen LogP contribution in [0.3, 0.4) is 0 Å². The van der Waals surface area contributed by atoms with Gasteiger partial charge in [0.05, 0.1) is 24.9 Å². The molecule has 0 bridgehead atoms. The van der Waals surface area contributed by atoms with Crippen LogP contribution in [0.1, 0.15) is 5.56 Å². The van der Waals surface area contributed by atoms with E-state index in [2.05, 4.69) is 37.0 Å². The number of hydrogen-bond donors (Lipinski definition) is 2. The van der Waals surface area contributed by atoms with Crippen LogP contribution in [0.2, 0.25) is 0 Å². The van der Waals surface area contributed by atoms with E-state index in [1.54, 1.807) is 6.07 Å². The summed E-state index contributed by atoms with van der Waals surface area (Å²) in [6.45, 7) is -1.08. The Labute approximate surface area is 148 Å². The second kappa shape index (κ2) is 8.73. The second-order valence-electron chi connectivity index (χ2n) is 4.18. The number of nitrogens with zero attached hydrogens (tertiary/aromatic N) is 2. The van der Waals surface area contributed by atoms with Gasteiger partial charge in [-0.1, -0.05) is 0 Å². The number of hydrogen-bond acceptors (Lipinski definition) is 6. The predicted octanol–water partition coefficient (Wildman–Crippen LogP) is 2.03. The van der Waals surface area contributed by atoms with E-state index in [1.165, 1.54) is 20.4 Å². The van der Waals surface area contributed by atoms with Crippen molar-refractivity contribution in [1.82, 2.24) is 5.01 Å². The van der Waals surface area contributed by atoms with E-state index < -0.39 is 25.0 Å². The lowest BCUT2D eigenvalue weighted by Gasteiger charge is -2.15. The topological polar surface area (TPSA) is 109 Å². The van der Waals surface area contributed by atoms with E-state index in [0.29, 0.717) is 26.0 Å². The first kappa shape index (κ1) is 19.2. The van der Waals surface area contributed by atoms with Crippen molar-refractivity contribution in [2.45, 2.75) is 0 Å². The summed E-state index contributed by atoms with van der Waals surface area (Å²) in [4.78, 5) is 21.5. The van der Waals surface area contributed by atoms with Crippen molar-refractivity contribution in [3.05, 3.63) is 20.6 Å². The molecule has 0 aliphatic carbocycles. The number of halogens is 2. The zero-order chi connectivity index (χ0) is 17.6. The van der Waals surface area contributed by atoms with Gasteiger partial charge in [0.25, 0.3) is 0 Å². The number of methoxy groups -OCH3 is 2. The number of hydrazone groups is 1. The van der Waals surface area contributed by atoms with Crippen molar-refractivity contribution in [3.63, 3.8) is 0 Å². The maximum Gasteiger partial charge on any atom is 0.324 e. The van der Waals surface area contributed by atoms with Gasteiger partial charge < -0.3 is 19.7 Å². The molecule has 0 aromatic heterocycles. The fraction of sp³-hybridized carbons (Fsp3) is 0.308. The van der Waals surface area contributed by atoms with E-state index >= 15 is 0 Å². The first-order chi connectivity index (χ1) is 10.8. The smallest absolute Gasteiger partial charge is 0.324 e. The lowest BCUT2D eigenvalue weighted by atomic mass is 10.2. The highest BCUT2D eigenvalue weighted by Crippen LogP contribution is 2.42. The maximum absolute atomic E-state index is 10.8. The average Bonchev–Trinajstić information content (AvgIpc) is 2.43. The Hall–Kier alpha value is -1.81. The molecule has 0 aliphatic rings. The van der Waals surface area contributed by atoms with Crippen molar-refractivity contribution in [1.29, 1.82) is 0 Å². The molecule has 0 aliphatic heterocycles. The van der Waals surface area contributed by atoms with Gasteiger partial charge in [0.1, 0.15) is 23.3 Å². The molecule has 1 rings (SSSR count). The van der Waals surface area contributed by atoms with Crippen LogP contribution in [-0.4, -0.2) is 60.7 Å². The van der Waals surface area contributed by atoms with Gasteiger partial charge in [0.15, 0.2) is 5.75 Å². The van der Waals surface area contributed by atoms with Gasteiger partial charge in [-0.15, -0.1) is 0 Å².